The molecule has 0 aliphatic heterocycles. The standard InChI is InChI=1S/C14H24N2/c1-3-13(4-2)16-11-10-14(15)12-8-6-5-7-9-12/h5-9,13-14,16H,3-4,10-11,15H2,1-2H3. The van der Waals surface area contributed by atoms with Crippen LogP contribution >= 0.6 is 0 Å². The Hall–Kier alpha value is -0.860. The van der Waals surface area contributed by atoms with Gasteiger partial charge in [-0.1, -0.05) is 44.2 Å². The molecule has 90 valence electrons. The molecular formula is C14H24N2. The minimum Gasteiger partial charge on any atom is -0.324 e. The van der Waals surface area contributed by atoms with Crippen molar-refractivity contribution in [3.63, 3.8) is 0 Å². The summed E-state index contributed by atoms with van der Waals surface area (Å²) in [6.45, 7) is 5.44. The van der Waals surface area contributed by atoms with Crippen molar-refractivity contribution in [1.29, 1.82) is 0 Å². The highest BCUT2D eigenvalue weighted by atomic mass is 14.9. The van der Waals surface area contributed by atoms with Crippen molar-refractivity contribution in [1.82, 2.24) is 5.32 Å². The molecule has 0 fully saturated rings. The number of hydrogen-bond acceptors (Lipinski definition) is 2. The number of nitrogens with two attached hydrogens (primary N) is 1. The molecule has 0 bridgehead atoms. The SMILES string of the molecule is CCC(CC)NCCC(N)c1ccccc1. The first kappa shape index (κ1) is 13.2. The van der Waals surface area contributed by atoms with Crippen LogP contribution in [-0.2, 0) is 0 Å². The van der Waals surface area contributed by atoms with Crippen molar-refractivity contribution in [2.45, 2.75) is 45.2 Å². The summed E-state index contributed by atoms with van der Waals surface area (Å²) in [4.78, 5) is 0. The molecule has 16 heavy (non-hydrogen) atoms. The van der Waals surface area contributed by atoms with Crippen molar-refractivity contribution >= 4 is 0 Å². The lowest BCUT2D eigenvalue weighted by atomic mass is 10.0. The van der Waals surface area contributed by atoms with E-state index in [1.807, 2.05) is 18.2 Å². The van der Waals surface area contributed by atoms with E-state index in [0.717, 1.165) is 13.0 Å². The van der Waals surface area contributed by atoms with E-state index in [-0.39, 0.29) is 6.04 Å². The summed E-state index contributed by atoms with van der Waals surface area (Å²) < 4.78 is 0. The van der Waals surface area contributed by atoms with E-state index >= 15 is 0 Å². The molecule has 0 heterocycles. The zero-order valence-electron chi connectivity index (χ0n) is 10.4. The van der Waals surface area contributed by atoms with Gasteiger partial charge in [-0.15, -0.1) is 0 Å². The van der Waals surface area contributed by atoms with Crippen molar-refractivity contribution in [3.05, 3.63) is 35.9 Å². The Balaban J connectivity index is 2.28. The average Bonchev–Trinajstić information content (AvgIpc) is 2.35. The quantitative estimate of drug-likeness (QED) is 0.741. The summed E-state index contributed by atoms with van der Waals surface area (Å²) in [7, 11) is 0. The molecule has 0 spiro atoms. The van der Waals surface area contributed by atoms with Gasteiger partial charge < -0.3 is 11.1 Å². The Morgan fingerprint density at radius 2 is 1.75 bits per heavy atom. The first-order valence-electron chi connectivity index (χ1n) is 6.31. The zero-order chi connectivity index (χ0) is 11.8. The molecule has 1 rings (SSSR count). The van der Waals surface area contributed by atoms with E-state index in [2.05, 4.69) is 31.3 Å². The molecule has 1 aromatic rings. The first-order valence-corrected chi connectivity index (χ1v) is 6.31. The van der Waals surface area contributed by atoms with Crippen LogP contribution in [0, 0.1) is 0 Å². The fourth-order valence-electron chi connectivity index (χ4n) is 1.89. The summed E-state index contributed by atoms with van der Waals surface area (Å²) in [5.41, 5.74) is 7.35. The molecular weight excluding hydrogens is 196 g/mol. The smallest absolute Gasteiger partial charge is 0.0306 e. The minimum atomic E-state index is 0.156. The largest absolute Gasteiger partial charge is 0.324 e. The minimum absolute atomic E-state index is 0.156. The molecule has 2 heteroatoms. The van der Waals surface area contributed by atoms with Crippen LogP contribution in [0.25, 0.3) is 0 Å². The lowest BCUT2D eigenvalue weighted by Gasteiger charge is -2.17. The van der Waals surface area contributed by atoms with Crippen molar-refractivity contribution in [2.24, 2.45) is 5.73 Å². The molecule has 1 atom stereocenters. The van der Waals surface area contributed by atoms with Gasteiger partial charge in [0.2, 0.25) is 0 Å². The number of hydrogen-bond donors (Lipinski definition) is 2. The summed E-state index contributed by atoms with van der Waals surface area (Å²) in [6.07, 6.45) is 3.38. The molecule has 1 aromatic carbocycles. The Labute approximate surface area is 99.2 Å². The predicted molar refractivity (Wildman–Crippen MR) is 70.4 cm³/mol. The summed E-state index contributed by atoms with van der Waals surface area (Å²) >= 11 is 0. The van der Waals surface area contributed by atoms with Gasteiger partial charge in [-0.2, -0.15) is 0 Å². The topological polar surface area (TPSA) is 38.0 Å². The van der Waals surface area contributed by atoms with Crippen LogP contribution in [0.4, 0.5) is 0 Å². The summed E-state index contributed by atoms with van der Waals surface area (Å²) in [5.74, 6) is 0. The Morgan fingerprint density at radius 1 is 1.12 bits per heavy atom. The maximum atomic E-state index is 6.12. The molecule has 0 aliphatic carbocycles. The second kappa shape index (κ2) is 7.42. The van der Waals surface area contributed by atoms with Gasteiger partial charge in [0.05, 0.1) is 0 Å². The van der Waals surface area contributed by atoms with Crippen LogP contribution < -0.4 is 11.1 Å². The van der Waals surface area contributed by atoms with E-state index in [0.29, 0.717) is 6.04 Å². The lowest BCUT2D eigenvalue weighted by Crippen LogP contribution is -2.30. The van der Waals surface area contributed by atoms with Gasteiger partial charge >= 0.3 is 0 Å². The van der Waals surface area contributed by atoms with Crippen LogP contribution in [-0.4, -0.2) is 12.6 Å². The fourth-order valence-corrected chi connectivity index (χ4v) is 1.89. The number of rotatable bonds is 7. The molecule has 0 saturated heterocycles. The van der Waals surface area contributed by atoms with E-state index < -0.39 is 0 Å². The predicted octanol–water partition coefficient (Wildman–Crippen LogP) is 2.85. The average molecular weight is 220 g/mol. The van der Waals surface area contributed by atoms with Gasteiger partial charge in [-0.25, -0.2) is 0 Å². The maximum absolute atomic E-state index is 6.12. The lowest BCUT2D eigenvalue weighted by molar-refractivity contribution is 0.463. The van der Waals surface area contributed by atoms with Crippen LogP contribution in [0.15, 0.2) is 30.3 Å². The third-order valence-electron chi connectivity index (χ3n) is 3.10. The van der Waals surface area contributed by atoms with E-state index in [9.17, 15) is 0 Å². The highest BCUT2D eigenvalue weighted by Crippen LogP contribution is 2.12. The molecule has 3 N–H and O–H groups in total. The van der Waals surface area contributed by atoms with Crippen molar-refractivity contribution < 1.29 is 0 Å². The van der Waals surface area contributed by atoms with Gasteiger partial charge in [0, 0.05) is 12.1 Å². The number of nitrogens with one attached hydrogen (secondary N) is 1. The van der Waals surface area contributed by atoms with Gasteiger partial charge in [-0.3, -0.25) is 0 Å². The van der Waals surface area contributed by atoms with Crippen molar-refractivity contribution in [3.8, 4) is 0 Å². The summed E-state index contributed by atoms with van der Waals surface area (Å²) in [5, 5.41) is 3.54. The fraction of sp³-hybridized carbons (Fsp3) is 0.571. The van der Waals surface area contributed by atoms with Crippen LogP contribution in [0.2, 0.25) is 0 Å². The van der Waals surface area contributed by atoms with E-state index in [1.54, 1.807) is 0 Å². The highest BCUT2D eigenvalue weighted by molar-refractivity contribution is 5.18. The van der Waals surface area contributed by atoms with Crippen LogP contribution in [0.3, 0.4) is 0 Å². The van der Waals surface area contributed by atoms with Crippen LogP contribution in [0.1, 0.15) is 44.7 Å². The number of benzene rings is 1. The molecule has 0 aliphatic rings. The third-order valence-corrected chi connectivity index (χ3v) is 3.10. The van der Waals surface area contributed by atoms with Gasteiger partial charge in [-0.05, 0) is 31.4 Å². The first-order chi connectivity index (χ1) is 7.77. The summed E-state index contributed by atoms with van der Waals surface area (Å²) in [6, 6.07) is 11.1. The van der Waals surface area contributed by atoms with Gasteiger partial charge in [0.1, 0.15) is 0 Å². The molecule has 0 radical (unpaired) electrons. The maximum Gasteiger partial charge on any atom is 0.0306 e. The second-order valence-corrected chi connectivity index (χ2v) is 4.27. The Morgan fingerprint density at radius 3 is 2.31 bits per heavy atom. The monoisotopic (exact) mass is 220 g/mol. The molecule has 0 amide bonds. The van der Waals surface area contributed by atoms with Crippen LogP contribution in [0.5, 0.6) is 0 Å². The van der Waals surface area contributed by atoms with Gasteiger partial charge in [0.25, 0.3) is 0 Å². The van der Waals surface area contributed by atoms with E-state index in [4.69, 9.17) is 5.73 Å². The second-order valence-electron chi connectivity index (χ2n) is 4.27. The normalized spacial score (nSPS) is 13.0. The molecule has 0 saturated carbocycles. The molecule has 2 nitrogen and oxygen atoms in total. The van der Waals surface area contributed by atoms with Crippen molar-refractivity contribution in [2.75, 3.05) is 6.54 Å². The Bertz CT molecular complexity index is 267. The Kier molecular flexibility index (Phi) is 6.12. The van der Waals surface area contributed by atoms with Gasteiger partial charge in [0.15, 0.2) is 0 Å². The third kappa shape index (κ3) is 4.33. The highest BCUT2D eigenvalue weighted by Gasteiger charge is 2.06. The van der Waals surface area contributed by atoms with E-state index in [1.165, 1.54) is 18.4 Å². The molecule has 0 aromatic heterocycles. The zero-order valence-corrected chi connectivity index (χ0v) is 10.4. The molecule has 1 unspecified atom stereocenters.